The zero-order valence-corrected chi connectivity index (χ0v) is 10.3. The number of benzene rings is 1. The Morgan fingerprint density at radius 3 is 2.59 bits per heavy atom. The van der Waals surface area contributed by atoms with Crippen LogP contribution >= 0.6 is 12.2 Å². The minimum atomic E-state index is -1.06. The van der Waals surface area contributed by atoms with Crippen molar-refractivity contribution in [1.82, 2.24) is 5.32 Å². The van der Waals surface area contributed by atoms with Crippen molar-refractivity contribution in [1.29, 1.82) is 0 Å². The SMILES string of the molecule is CC(C)NC(=S)Nc1cc(C(=O)O)ccc1O. The monoisotopic (exact) mass is 254 g/mol. The van der Waals surface area contributed by atoms with E-state index in [1.165, 1.54) is 18.2 Å². The van der Waals surface area contributed by atoms with Gasteiger partial charge in [-0.3, -0.25) is 0 Å². The summed E-state index contributed by atoms with van der Waals surface area (Å²) in [4.78, 5) is 10.8. The Kier molecular flexibility index (Phi) is 4.28. The molecule has 92 valence electrons. The van der Waals surface area contributed by atoms with Crippen molar-refractivity contribution in [2.45, 2.75) is 19.9 Å². The third-order valence-corrected chi connectivity index (χ3v) is 2.13. The smallest absolute Gasteiger partial charge is 0.335 e. The highest BCUT2D eigenvalue weighted by atomic mass is 32.1. The lowest BCUT2D eigenvalue weighted by Gasteiger charge is -2.14. The lowest BCUT2D eigenvalue weighted by atomic mass is 10.2. The number of hydrogen-bond donors (Lipinski definition) is 4. The van der Waals surface area contributed by atoms with E-state index in [0.717, 1.165) is 0 Å². The molecular weight excluding hydrogens is 240 g/mol. The summed E-state index contributed by atoms with van der Waals surface area (Å²) < 4.78 is 0. The molecule has 0 radical (unpaired) electrons. The molecule has 0 saturated heterocycles. The zero-order chi connectivity index (χ0) is 13.0. The lowest BCUT2D eigenvalue weighted by molar-refractivity contribution is 0.0697. The Bertz CT molecular complexity index is 446. The van der Waals surface area contributed by atoms with Gasteiger partial charge in [-0.25, -0.2) is 4.79 Å². The summed E-state index contributed by atoms with van der Waals surface area (Å²) in [6.07, 6.45) is 0. The lowest BCUT2D eigenvalue weighted by Crippen LogP contribution is -2.33. The Balaban J connectivity index is 2.86. The fraction of sp³-hybridized carbons (Fsp3) is 0.273. The maximum absolute atomic E-state index is 10.8. The van der Waals surface area contributed by atoms with Crippen LogP contribution in [0.25, 0.3) is 0 Å². The van der Waals surface area contributed by atoms with E-state index in [9.17, 15) is 9.90 Å². The number of carboxylic acids is 1. The largest absolute Gasteiger partial charge is 0.506 e. The van der Waals surface area contributed by atoms with Crippen molar-refractivity contribution in [3.05, 3.63) is 23.8 Å². The third-order valence-electron chi connectivity index (χ3n) is 1.91. The van der Waals surface area contributed by atoms with Crippen LogP contribution in [-0.2, 0) is 0 Å². The van der Waals surface area contributed by atoms with Gasteiger partial charge in [0.25, 0.3) is 0 Å². The molecule has 0 aromatic heterocycles. The molecule has 0 amide bonds. The van der Waals surface area contributed by atoms with Gasteiger partial charge >= 0.3 is 5.97 Å². The molecule has 5 nitrogen and oxygen atoms in total. The molecule has 0 saturated carbocycles. The molecule has 0 atom stereocenters. The van der Waals surface area contributed by atoms with Gasteiger partial charge in [0.1, 0.15) is 5.75 Å². The highest BCUT2D eigenvalue weighted by molar-refractivity contribution is 7.80. The van der Waals surface area contributed by atoms with Crippen LogP contribution in [0.15, 0.2) is 18.2 Å². The minimum absolute atomic E-state index is 0.0529. The summed E-state index contributed by atoms with van der Waals surface area (Å²) in [6, 6.07) is 4.11. The second-order valence-corrected chi connectivity index (χ2v) is 4.20. The Labute approximate surface area is 104 Å². The Hall–Kier alpha value is -1.82. The predicted octanol–water partition coefficient (Wildman–Crippen LogP) is 1.79. The van der Waals surface area contributed by atoms with Gasteiger partial charge in [-0.2, -0.15) is 0 Å². The van der Waals surface area contributed by atoms with Gasteiger partial charge in [0, 0.05) is 6.04 Å². The molecule has 4 N–H and O–H groups in total. The minimum Gasteiger partial charge on any atom is -0.506 e. The second-order valence-electron chi connectivity index (χ2n) is 3.79. The number of nitrogens with one attached hydrogen (secondary N) is 2. The molecule has 1 aromatic rings. The summed E-state index contributed by atoms with van der Waals surface area (Å²) in [7, 11) is 0. The van der Waals surface area contributed by atoms with E-state index in [1.54, 1.807) is 0 Å². The van der Waals surface area contributed by atoms with Crippen LogP contribution in [0.5, 0.6) is 5.75 Å². The average Bonchev–Trinajstić information content (AvgIpc) is 2.19. The van der Waals surface area contributed by atoms with E-state index >= 15 is 0 Å². The van der Waals surface area contributed by atoms with Crippen LogP contribution in [0.1, 0.15) is 24.2 Å². The number of aromatic carboxylic acids is 1. The van der Waals surface area contributed by atoms with E-state index in [2.05, 4.69) is 10.6 Å². The van der Waals surface area contributed by atoms with Crippen LogP contribution in [0, 0.1) is 0 Å². The summed E-state index contributed by atoms with van der Waals surface area (Å²) in [5.74, 6) is -1.11. The molecule has 0 aliphatic rings. The van der Waals surface area contributed by atoms with E-state index in [1.807, 2.05) is 13.8 Å². The Morgan fingerprint density at radius 2 is 2.06 bits per heavy atom. The van der Waals surface area contributed by atoms with Crippen LogP contribution in [0.4, 0.5) is 5.69 Å². The summed E-state index contributed by atoms with van der Waals surface area (Å²) in [5.41, 5.74) is 0.348. The number of phenols is 1. The number of carbonyl (C=O) groups is 1. The summed E-state index contributed by atoms with van der Waals surface area (Å²) in [5, 5.41) is 24.4. The second kappa shape index (κ2) is 5.49. The van der Waals surface area contributed by atoms with Gasteiger partial charge in [0.2, 0.25) is 0 Å². The van der Waals surface area contributed by atoms with Crippen molar-refractivity contribution in [3.8, 4) is 5.75 Å². The molecule has 1 aromatic carbocycles. The Morgan fingerprint density at radius 1 is 1.41 bits per heavy atom. The van der Waals surface area contributed by atoms with Gasteiger partial charge in [0.15, 0.2) is 5.11 Å². The zero-order valence-electron chi connectivity index (χ0n) is 9.52. The quantitative estimate of drug-likeness (QED) is 0.486. The van der Waals surface area contributed by atoms with Gasteiger partial charge in [0.05, 0.1) is 11.3 Å². The molecule has 17 heavy (non-hydrogen) atoms. The first-order valence-corrected chi connectivity index (χ1v) is 5.45. The number of anilines is 1. The van der Waals surface area contributed by atoms with Crippen LogP contribution in [0.2, 0.25) is 0 Å². The van der Waals surface area contributed by atoms with E-state index in [-0.39, 0.29) is 23.0 Å². The predicted molar refractivity (Wildman–Crippen MR) is 69.6 cm³/mol. The number of thiocarbonyl (C=S) groups is 1. The highest BCUT2D eigenvalue weighted by Crippen LogP contribution is 2.24. The van der Waals surface area contributed by atoms with Crippen molar-refractivity contribution < 1.29 is 15.0 Å². The first kappa shape index (κ1) is 13.2. The number of aromatic hydroxyl groups is 1. The van der Waals surface area contributed by atoms with Crippen LogP contribution < -0.4 is 10.6 Å². The molecule has 0 bridgehead atoms. The molecule has 0 spiro atoms. The molecule has 1 rings (SSSR count). The molecule has 6 heteroatoms. The first-order valence-electron chi connectivity index (χ1n) is 5.04. The van der Waals surface area contributed by atoms with Crippen molar-refractivity contribution >= 4 is 29.0 Å². The first-order chi connectivity index (χ1) is 7.90. The number of carboxylic acid groups (broad SMARTS) is 1. The summed E-state index contributed by atoms with van der Waals surface area (Å²) in [6.45, 7) is 3.84. The maximum Gasteiger partial charge on any atom is 0.335 e. The maximum atomic E-state index is 10.8. The molecule has 0 unspecified atom stereocenters. The van der Waals surface area contributed by atoms with E-state index < -0.39 is 5.97 Å². The number of rotatable bonds is 3. The standard InChI is InChI=1S/C11H14N2O3S/c1-6(2)12-11(17)13-8-5-7(10(15)16)3-4-9(8)14/h3-6,14H,1-2H3,(H,15,16)(H2,12,13,17). The van der Waals surface area contributed by atoms with Crippen LogP contribution in [-0.4, -0.2) is 27.3 Å². The van der Waals surface area contributed by atoms with Gasteiger partial charge < -0.3 is 20.8 Å². The topological polar surface area (TPSA) is 81.6 Å². The molecule has 0 heterocycles. The van der Waals surface area contributed by atoms with Crippen LogP contribution in [0.3, 0.4) is 0 Å². The van der Waals surface area contributed by atoms with Crippen molar-refractivity contribution in [3.63, 3.8) is 0 Å². The summed E-state index contributed by atoms with van der Waals surface area (Å²) >= 11 is 5.00. The number of hydrogen-bond acceptors (Lipinski definition) is 3. The van der Waals surface area contributed by atoms with Crippen molar-refractivity contribution in [2.24, 2.45) is 0 Å². The normalized spacial score (nSPS) is 10.1. The van der Waals surface area contributed by atoms with Gasteiger partial charge in [-0.15, -0.1) is 0 Å². The molecule has 0 aliphatic carbocycles. The highest BCUT2D eigenvalue weighted by Gasteiger charge is 2.09. The average molecular weight is 254 g/mol. The van der Waals surface area contributed by atoms with Gasteiger partial charge in [-0.1, -0.05) is 0 Å². The van der Waals surface area contributed by atoms with Gasteiger partial charge in [-0.05, 0) is 44.3 Å². The molecule has 0 fully saturated rings. The third kappa shape index (κ3) is 3.92. The van der Waals surface area contributed by atoms with Crippen molar-refractivity contribution in [2.75, 3.05) is 5.32 Å². The fourth-order valence-electron chi connectivity index (χ4n) is 1.19. The molecule has 0 aliphatic heterocycles. The number of phenolic OH excluding ortho intramolecular Hbond substituents is 1. The molecular formula is C11H14N2O3S. The van der Waals surface area contributed by atoms with E-state index in [4.69, 9.17) is 17.3 Å². The van der Waals surface area contributed by atoms with E-state index in [0.29, 0.717) is 5.11 Å². The fourth-order valence-corrected chi connectivity index (χ4v) is 1.54.